The molecule has 1 rings (SSSR count). The van der Waals surface area contributed by atoms with E-state index in [1.54, 1.807) is 12.1 Å². The first-order valence-corrected chi connectivity index (χ1v) is 7.72. The first-order valence-electron chi connectivity index (χ1n) is 7.72. The molecule has 1 atom stereocenters. The first-order chi connectivity index (χ1) is 10.5. The Hall–Kier alpha value is -1.62. The standard InChI is InChI=1S/C16H27FN2.CH2O2/c1-6-8-15(11-18-5)19(7-2)16-10-14(17)9-12(3)13(16)4;2-1-3/h9-10,15,18H,6-8,11H2,1-5H3;1H,(H,2,3). The van der Waals surface area contributed by atoms with Gasteiger partial charge in [-0.05, 0) is 57.5 Å². The molecule has 5 heteroatoms. The highest BCUT2D eigenvalue weighted by molar-refractivity contribution is 5.57. The third-order valence-electron chi connectivity index (χ3n) is 3.76. The van der Waals surface area contributed by atoms with Crippen LogP contribution in [0.5, 0.6) is 0 Å². The Morgan fingerprint density at radius 1 is 1.36 bits per heavy atom. The molecular weight excluding hydrogens is 283 g/mol. The largest absolute Gasteiger partial charge is 0.483 e. The van der Waals surface area contributed by atoms with E-state index in [4.69, 9.17) is 9.90 Å². The van der Waals surface area contributed by atoms with E-state index in [2.05, 4.69) is 31.0 Å². The molecule has 0 aliphatic carbocycles. The van der Waals surface area contributed by atoms with Crippen molar-refractivity contribution in [3.8, 4) is 0 Å². The van der Waals surface area contributed by atoms with Gasteiger partial charge in [0.25, 0.3) is 6.47 Å². The maximum Gasteiger partial charge on any atom is 0.290 e. The number of likely N-dealkylation sites (N-methyl/N-ethyl adjacent to an activating group) is 2. The van der Waals surface area contributed by atoms with Crippen LogP contribution in [-0.4, -0.2) is 37.8 Å². The summed E-state index contributed by atoms with van der Waals surface area (Å²) in [6.07, 6.45) is 2.25. The molecule has 0 saturated heterocycles. The average molecular weight is 312 g/mol. The van der Waals surface area contributed by atoms with Gasteiger partial charge >= 0.3 is 0 Å². The van der Waals surface area contributed by atoms with E-state index < -0.39 is 0 Å². The minimum absolute atomic E-state index is 0.142. The number of aryl methyl sites for hydroxylation is 1. The van der Waals surface area contributed by atoms with E-state index in [0.29, 0.717) is 6.04 Å². The molecule has 22 heavy (non-hydrogen) atoms. The van der Waals surface area contributed by atoms with Gasteiger partial charge in [-0.2, -0.15) is 0 Å². The zero-order chi connectivity index (χ0) is 17.1. The second kappa shape index (κ2) is 11.0. The minimum atomic E-state index is -0.250. The van der Waals surface area contributed by atoms with Crippen molar-refractivity contribution in [2.24, 2.45) is 0 Å². The predicted octanol–water partition coefficient (Wildman–Crippen LogP) is 3.36. The summed E-state index contributed by atoms with van der Waals surface area (Å²) in [4.78, 5) is 10.7. The molecule has 2 N–H and O–H groups in total. The van der Waals surface area contributed by atoms with E-state index >= 15 is 0 Å². The van der Waals surface area contributed by atoms with E-state index in [1.165, 1.54) is 5.56 Å². The third kappa shape index (κ3) is 6.02. The zero-order valence-corrected chi connectivity index (χ0v) is 14.3. The topological polar surface area (TPSA) is 52.6 Å². The van der Waals surface area contributed by atoms with E-state index in [9.17, 15) is 4.39 Å². The van der Waals surface area contributed by atoms with Crippen LogP contribution in [0, 0.1) is 19.7 Å². The fraction of sp³-hybridized carbons (Fsp3) is 0.588. The molecule has 0 bridgehead atoms. The van der Waals surface area contributed by atoms with Gasteiger partial charge in [0.1, 0.15) is 5.82 Å². The highest BCUT2D eigenvalue weighted by atomic mass is 19.1. The quantitative estimate of drug-likeness (QED) is 0.758. The Morgan fingerprint density at radius 3 is 2.41 bits per heavy atom. The number of nitrogens with zero attached hydrogens (tertiary/aromatic N) is 1. The number of carboxylic acid groups (broad SMARTS) is 1. The lowest BCUT2D eigenvalue weighted by atomic mass is 10.0. The molecule has 0 aromatic heterocycles. The van der Waals surface area contributed by atoms with Crippen molar-refractivity contribution >= 4 is 12.2 Å². The van der Waals surface area contributed by atoms with E-state index in [0.717, 1.165) is 37.2 Å². The Labute approximate surface area is 133 Å². The fourth-order valence-electron chi connectivity index (χ4n) is 2.66. The molecule has 0 saturated carbocycles. The lowest BCUT2D eigenvalue weighted by Crippen LogP contribution is -2.42. The highest BCUT2D eigenvalue weighted by Gasteiger charge is 2.19. The second-order valence-electron chi connectivity index (χ2n) is 5.26. The van der Waals surface area contributed by atoms with Crippen molar-refractivity contribution in [2.45, 2.75) is 46.6 Å². The maximum atomic E-state index is 13.7. The number of hydrogen-bond donors (Lipinski definition) is 2. The molecule has 0 spiro atoms. The van der Waals surface area contributed by atoms with Crippen LogP contribution in [-0.2, 0) is 4.79 Å². The monoisotopic (exact) mass is 312 g/mol. The number of hydrogen-bond acceptors (Lipinski definition) is 3. The number of nitrogens with one attached hydrogen (secondary N) is 1. The van der Waals surface area contributed by atoms with E-state index in [-0.39, 0.29) is 12.3 Å². The molecule has 0 heterocycles. The minimum Gasteiger partial charge on any atom is -0.483 e. The molecule has 0 aliphatic rings. The molecule has 4 nitrogen and oxygen atoms in total. The van der Waals surface area contributed by atoms with Crippen LogP contribution < -0.4 is 10.2 Å². The van der Waals surface area contributed by atoms with Crippen molar-refractivity contribution < 1.29 is 14.3 Å². The first kappa shape index (κ1) is 20.4. The number of halogens is 1. The summed E-state index contributed by atoms with van der Waals surface area (Å²) in [6.45, 7) is 9.96. The molecule has 1 aromatic rings. The van der Waals surface area contributed by atoms with Crippen molar-refractivity contribution in [2.75, 3.05) is 25.0 Å². The lowest BCUT2D eigenvalue weighted by Gasteiger charge is -2.34. The summed E-state index contributed by atoms with van der Waals surface area (Å²) in [5.41, 5.74) is 3.24. The van der Waals surface area contributed by atoms with Gasteiger partial charge in [0.2, 0.25) is 0 Å². The molecule has 1 unspecified atom stereocenters. The van der Waals surface area contributed by atoms with Crippen molar-refractivity contribution in [1.29, 1.82) is 0 Å². The Balaban J connectivity index is 0.00000135. The molecular formula is C17H29FN2O2. The van der Waals surface area contributed by atoms with Crippen LogP contribution in [0.3, 0.4) is 0 Å². The number of anilines is 1. The molecule has 1 aromatic carbocycles. The van der Waals surface area contributed by atoms with Gasteiger partial charge in [-0.25, -0.2) is 4.39 Å². The number of carbonyl (C=O) groups is 1. The molecule has 0 radical (unpaired) electrons. The smallest absolute Gasteiger partial charge is 0.290 e. The van der Waals surface area contributed by atoms with Gasteiger partial charge in [0.05, 0.1) is 0 Å². The average Bonchev–Trinajstić information content (AvgIpc) is 2.46. The molecule has 0 aliphatic heterocycles. The lowest BCUT2D eigenvalue weighted by molar-refractivity contribution is -0.122. The van der Waals surface area contributed by atoms with Gasteiger partial charge < -0.3 is 15.3 Å². The molecule has 0 fully saturated rings. The molecule has 0 amide bonds. The van der Waals surface area contributed by atoms with Crippen LogP contribution in [0.1, 0.15) is 37.8 Å². The Morgan fingerprint density at radius 2 is 1.95 bits per heavy atom. The van der Waals surface area contributed by atoms with Crippen molar-refractivity contribution in [1.82, 2.24) is 5.32 Å². The summed E-state index contributed by atoms with van der Waals surface area (Å²) in [6, 6.07) is 3.70. The van der Waals surface area contributed by atoms with Crippen LogP contribution >= 0.6 is 0 Å². The number of benzene rings is 1. The molecule has 126 valence electrons. The maximum absolute atomic E-state index is 13.7. The van der Waals surface area contributed by atoms with Gasteiger partial charge in [-0.15, -0.1) is 0 Å². The van der Waals surface area contributed by atoms with E-state index in [1.807, 2.05) is 14.0 Å². The Kier molecular flexibility index (Phi) is 10.2. The van der Waals surface area contributed by atoms with Gasteiger partial charge in [0, 0.05) is 24.8 Å². The SMILES string of the molecule is CCCC(CNC)N(CC)c1cc(F)cc(C)c1C.O=CO. The zero-order valence-electron chi connectivity index (χ0n) is 14.3. The summed E-state index contributed by atoms with van der Waals surface area (Å²) in [5.74, 6) is -0.142. The van der Waals surface area contributed by atoms with Crippen LogP contribution in [0.25, 0.3) is 0 Å². The Bertz CT molecular complexity index is 447. The van der Waals surface area contributed by atoms with Gasteiger partial charge in [-0.3, -0.25) is 4.79 Å². The van der Waals surface area contributed by atoms with Crippen LogP contribution in [0.4, 0.5) is 10.1 Å². The number of rotatable bonds is 7. The normalized spacial score (nSPS) is 11.4. The van der Waals surface area contributed by atoms with Crippen molar-refractivity contribution in [3.63, 3.8) is 0 Å². The van der Waals surface area contributed by atoms with Crippen LogP contribution in [0.15, 0.2) is 12.1 Å². The predicted molar refractivity (Wildman–Crippen MR) is 90.2 cm³/mol. The third-order valence-corrected chi connectivity index (χ3v) is 3.76. The van der Waals surface area contributed by atoms with Gasteiger partial charge in [-0.1, -0.05) is 13.3 Å². The summed E-state index contributed by atoms with van der Waals surface area (Å²) >= 11 is 0. The second-order valence-corrected chi connectivity index (χ2v) is 5.26. The van der Waals surface area contributed by atoms with Gasteiger partial charge in [0.15, 0.2) is 0 Å². The highest BCUT2D eigenvalue weighted by Crippen LogP contribution is 2.27. The summed E-state index contributed by atoms with van der Waals surface area (Å²) in [7, 11) is 1.97. The summed E-state index contributed by atoms with van der Waals surface area (Å²) < 4.78 is 13.7. The van der Waals surface area contributed by atoms with Crippen LogP contribution in [0.2, 0.25) is 0 Å². The summed E-state index contributed by atoms with van der Waals surface area (Å²) in [5, 5.41) is 10.1. The van der Waals surface area contributed by atoms with Crippen molar-refractivity contribution in [3.05, 3.63) is 29.1 Å². The fourth-order valence-corrected chi connectivity index (χ4v) is 2.66.